The van der Waals surface area contributed by atoms with Gasteiger partial charge < -0.3 is 42.6 Å². The zero-order valence-corrected chi connectivity index (χ0v) is 25.3. The predicted molar refractivity (Wildman–Crippen MR) is 153 cm³/mol. The molecule has 0 radical (unpaired) electrons. The Morgan fingerprint density at radius 3 is 0.775 bits per heavy atom. The molecule has 11 heteroatoms. The van der Waals surface area contributed by atoms with Crippen LogP contribution in [-0.4, -0.2) is 131 Å². The number of hydrogen-bond acceptors (Lipinski definition) is 11. The zero-order valence-electron chi connectivity index (χ0n) is 25.3. The molecule has 1 N–H and O–H groups in total. The standard InChI is InChI=1S/C29H60O11/c1-2-3-4-5-6-7-8-9-10-11-31-12-13-32-14-15-33-16-17-34-18-19-35-20-21-36-22-23-37-24-25-38-26-27-39-28-29-40-30/h30H,2-29H2,1H3. The summed E-state index contributed by atoms with van der Waals surface area (Å²) < 4.78 is 48.9. The third kappa shape index (κ3) is 37.6. The lowest BCUT2D eigenvalue weighted by Gasteiger charge is -2.09. The minimum absolute atomic E-state index is 0.157. The molecule has 0 aliphatic carbocycles. The second-order valence-corrected chi connectivity index (χ2v) is 9.17. The second-order valence-electron chi connectivity index (χ2n) is 9.17. The average molecular weight is 585 g/mol. The summed E-state index contributed by atoms with van der Waals surface area (Å²) in [4.78, 5) is 3.89. The van der Waals surface area contributed by atoms with Crippen molar-refractivity contribution in [1.82, 2.24) is 0 Å². The highest BCUT2D eigenvalue weighted by molar-refractivity contribution is 4.47. The van der Waals surface area contributed by atoms with Crippen LogP contribution in [-0.2, 0) is 47.5 Å². The summed E-state index contributed by atoms with van der Waals surface area (Å²) in [6.45, 7) is 12.1. The summed E-state index contributed by atoms with van der Waals surface area (Å²) in [5.74, 6) is 0. The van der Waals surface area contributed by atoms with E-state index in [1.54, 1.807) is 0 Å². The van der Waals surface area contributed by atoms with Crippen LogP contribution in [0.5, 0.6) is 0 Å². The molecule has 0 aromatic heterocycles. The van der Waals surface area contributed by atoms with Crippen molar-refractivity contribution in [2.24, 2.45) is 0 Å². The summed E-state index contributed by atoms with van der Waals surface area (Å²) in [6, 6.07) is 0. The molecule has 0 bridgehead atoms. The quantitative estimate of drug-likeness (QED) is 0.0645. The van der Waals surface area contributed by atoms with Crippen molar-refractivity contribution in [1.29, 1.82) is 0 Å². The maximum atomic E-state index is 8.13. The van der Waals surface area contributed by atoms with E-state index < -0.39 is 0 Å². The van der Waals surface area contributed by atoms with Crippen LogP contribution in [0, 0.1) is 0 Å². The molecular formula is C29H60O11. The van der Waals surface area contributed by atoms with Gasteiger partial charge in [0, 0.05) is 6.61 Å². The minimum atomic E-state index is 0.157. The summed E-state index contributed by atoms with van der Waals surface area (Å²) in [5.41, 5.74) is 0. The van der Waals surface area contributed by atoms with E-state index in [4.69, 9.17) is 47.9 Å². The fourth-order valence-electron chi connectivity index (χ4n) is 3.47. The molecule has 40 heavy (non-hydrogen) atoms. The van der Waals surface area contributed by atoms with Gasteiger partial charge in [-0.3, -0.25) is 5.26 Å². The van der Waals surface area contributed by atoms with Crippen LogP contribution in [0.4, 0.5) is 0 Å². The van der Waals surface area contributed by atoms with E-state index in [9.17, 15) is 0 Å². The van der Waals surface area contributed by atoms with Gasteiger partial charge >= 0.3 is 0 Å². The van der Waals surface area contributed by atoms with Crippen molar-refractivity contribution in [3.8, 4) is 0 Å². The lowest BCUT2D eigenvalue weighted by atomic mass is 10.1. The van der Waals surface area contributed by atoms with E-state index >= 15 is 0 Å². The molecule has 0 rings (SSSR count). The Hall–Kier alpha value is -0.440. The van der Waals surface area contributed by atoms with Crippen molar-refractivity contribution >= 4 is 0 Å². The van der Waals surface area contributed by atoms with Crippen molar-refractivity contribution in [3.63, 3.8) is 0 Å². The van der Waals surface area contributed by atoms with Crippen LogP contribution in [0.15, 0.2) is 0 Å². The van der Waals surface area contributed by atoms with E-state index in [0.717, 1.165) is 13.0 Å². The largest absolute Gasteiger partial charge is 0.379 e. The van der Waals surface area contributed by atoms with E-state index in [1.807, 2.05) is 0 Å². The van der Waals surface area contributed by atoms with Crippen LogP contribution < -0.4 is 0 Å². The Bertz CT molecular complexity index is 395. The van der Waals surface area contributed by atoms with E-state index in [1.165, 1.54) is 51.4 Å². The first-order chi connectivity index (χ1) is 19.9. The third-order valence-corrected chi connectivity index (χ3v) is 5.69. The molecule has 0 aliphatic heterocycles. The number of rotatable bonds is 37. The van der Waals surface area contributed by atoms with Gasteiger partial charge in [-0.05, 0) is 6.42 Å². The van der Waals surface area contributed by atoms with Crippen LogP contribution in [0.3, 0.4) is 0 Å². The zero-order chi connectivity index (χ0) is 28.9. The molecule has 0 saturated carbocycles. The normalized spacial score (nSPS) is 11.6. The first kappa shape index (κ1) is 39.6. The number of unbranched alkanes of at least 4 members (excludes halogenated alkanes) is 8. The van der Waals surface area contributed by atoms with Gasteiger partial charge in [0.15, 0.2) is 0 Å². The van der Waals surface area contributed by atoms with Crippen molar-refractivity contribution in [3.05, 3.63) is 0 Å². The van der Waals surface area contributed by atoms with E-state index in [2.05, 4.69) is 11.8 Å². The highest BCUT2D eigenvalue weighted by Gasteiger charge is 1.96. The maximum absolute atomic E-state index is 8.13. The predicted octanol–water partition coefficient (Wildman–Crippen LogP) is 4.16. The highest BCUT2D eigenvalue weighted by atomic mass is 17.1. The molecule has 0 unspecified atom stereocenters. The second kappa shape index (κ2) is 38.6. The first-order valence-corrected chi connectivity index (χ1v) is 15.4. The van der Waals surface area contributed by atoms with Gasteiger partial charge in [0.1, 0.15) is 6.61 Å². The molecule has 0 amide bonds. The number of hydrogen-bond donors (Lipinski definition) is 1. The molecule has 11 nitrogen and oxygen atoms in total. The summed E-state index contributed by atoms with van der Waals surface area (Å²) in [6.07, 6.45) is 12.0. The van der Waals surface area contributed by atoms with Crippen LogP contribution >= 0.6 is 0 Å². The smallest absolute Gasteiger partial charge is 0.105 e. The summed E-state index contributed by atoms with van der Waals surface area (Å²) >= 11 is 0. The average Bonchev–Trinajstić information content (AvgIpc) is 2.97. The molecule has 0 aromatic carbocycles. The Morgan fingerprint density at radius 1 is 0.275 bits per heavy atom. The monoisotopic (exact) mass is 584 g/mol. The van der Waals surface area contributed by atoms with Crippen LogP contribution in [0.1, 0.15) is 64.7 Å². The molecule has 0 saturated heterocycles. The molecular weight excluding hydrogens is 524 g/mol. The van der Waals surface area contributed by atoms with Gasteiger partial charge in [0.25, 0.3) is 0 Å². The maximum Gasteiger partial charge on any atom is 0.105 e. The van der Waals surface area contributed by atoms with Gasteiger partial charge in [0.05, 0.1) is 112 Å². The molecule has 0 heterocycles. The SMILES string of the molecule is CCCCCCCCCCCOCCOCCOCCOCCOCCOCCOCCOCCOCCOO. The Kier molecular flexibility index (Phi) is 38.1. The molecule has 0 atom stereocenters. The van der Waals surface area contributed by atoms with E-state index in [0.29, 0.717) is 112 Å². The van der Waals surface area contributed by atoms with Crippen molar-refractivity contribution in [2.75, 3.05) is 126 Å². The van der Waals surface area contributed by atoms with Crippen LogP contribution in [0.2, 0.25) is 0 Å². The molecule has 242 valence electrons. The fourth-order valence-corrected chi connectivity index (χ4v) is 3.47. The Labute approximate surface area is 243 Å². The summed E-state index contributed by atoms with van der Waals surface area (Å²) in [7, 11) is 0. The Morgan fingerprint density at radius 2 is 0.500 bits per heavy atom. The number of ether oxygens (including phenoxy) is 9. The van der Waals surface area contributed by atoms with Gasteiger partial charge in [-0.25, -0.2) is 4.89 Å². The van der Waals surface area contributed by atoms with Crippen molar-refractivity contribution < 1.29 is 52.8 Å². The molecule has 0 aliphatic rings. The molecule has 0 aromatic rings. The lowest BCUT2D eigenvalue weighted by molar-refractivity contribution is -0.249. The highest BCUT2D eigenvalue weighted by Crippen LogP contribution is 2.09. The molecule has 0 spiro atoms. The van der Waals surface area contributed by atoms with Crippen molar-refractivity contribution in [2.45, 2.75) is 64.7 Å². The minimum Gasteiger partial charge on any atom is -0.379 e. The Balaban J connectivity index is 3.01. The lowest BCUT2D eigenvalue weighted by Crippen LogP contribution is -2.15. The van der Waals surface area contributed by atoms with Gasteiger partial charge in [-0.15, -0.1) is 0 Å². The van der Waals surface area contributed by atoms with Gasteiger partial charge in [0.2, 0.25) is 0 Å². The van der Waals surface area contributed by atoms with Crippen LogP contribution in [0.25, 0.3) is 0 Å². The topological polar surface area (TPSA) is 113 Å². The van der Waals surface area contributed by atoms with Gasteiger partial charge in [-0.1, -0.05) is 58.3 Å². The third-order valence-electron chi connectivity index (χ3n) is 5.69. The first-order valence-electron chi connectivity index (χ1n) is 15.4. The summed E-state index contributed by atoms with van der Waals surface area (Å²) in [5, 5.41) is 8.13. The van der Waals surface area contributed by atoms with E-state index in [-0.39, 0.29) is 6.61 Å². The fraction of sp³-hybridized carbons (Fsp3) is 1.00. The molecule has 0 fully saturated rings. The van der Waals surface area contributed by atoms with Gasteiger partial charge in [-0.2, -0.15) is 0 Å².